The minimum absolute atomic E-state index is 0.124. The lowest BCUT2D eigenvalue weighted by Gasteiger charge is -2.07. The largest absolute Gasteiger partial charge is 0.478 e. The Hall–Kier alpha value is -3.00. The van der Waals surface area contributed by atoms with E-state index in [4.69, 9.17) is 32.7 Å². The second-order valence-corrected chi connectivity index (χ2v) is 8.40. The van der Waals surface area contributed by atoms with E-state index in [1.165, 1.54) is 28.8 Å². The zero-order valence-corrected chi connectivity index (χ0v) is 18.3. The molecule has 156 valence electrons. The van der Waals surface area contributed by atoms with Gasteiger partial charge in [0.1, 0.15) is 11.5 Å². The lowest BCUT2D eigenvalue weighted by molar-refractivity contribution is -0.121. The number of aromatic carboxylic acids is 1. The number of rotatable bonds is 4. The molecule has 6 nitrogen and oxygen atoms in total. The summed E-state index contributed by atoms with van der Waals surface area (Å²) >= 11 is 13.4. The first-order valence-corrected chi connectivity index (χ1v) is 10.5. The molecule has 4 rings (SSSR count). The van der Waals surface area contributed by atoms with Crippen LogP contribution in [0.25, 0.3) is 17.4 Å². The number of thioether (sulfide) groups is 1. The van der Waals surface area contributed by atoms with E-state index in [0.29, 0.717) is 42.9 Å². The molecule has 0 radical (unpaired) electrons. The summed E-state index contributed by atoms with van der Waals surface area (Å²) in [6.07, 6.45) is 1.63. The van der Waals surface area contributed by atoms with Gasteiger partial charge in [0.2, 0.25) is 0 Å². The summed E-state index contributed by atoms with van der Waals surface area (Å²) in [6, 6.07) is 14.8. The van der Waals surface area contributed by atoms with E-state index in [0.717, 1.165) is 0 Å². The van der Waals surface area contributed by atoms with Crippen molar-refractivity contribution in [3.8, 4) is 11.3 Å². The third-order valence-corrected chi connectivity index (χ3v) is 6.03. The van der Waals surface area contributed by atoms with E-state index >= 15 is 0 Å². The predicted octanol–water partition coefficient (Wildman–Crippen LogP) is 6.19. The van der Waals surface area contributed by atoms with Crippen LogP contribution in [0.15, 0.2) is 68.9 Å². The fourth-order valence-electron chi connectivity index (χ4n) is 2.86. The van der Waals surface area contributed by atoms with Gasteiger partial charge in [-0.3, -0.25) is 9.69 Å². The van der Waals surface area contributed by atoms with Gasteiger partial charge in [0.25, 0.3) is 5.91 Å². The number of carboxylic acid groups (broad SMARTS) is 1. The smallest absolute Gasteiger partial charge is 0.335 e. The van der Waals surface area contributed by atoms with Crippen LogP contribution in [0.3, 0.4) is 0 Å². The van der Waals surface area contributed by atoms with E-state index < -0.39 is 5.97 Å². The Morgan fingerprint density at radius 3 is 2.71 bits per heavy atom. The molecule has 9 heteroatoms. The van der Waals surface area contributed by atoms with Gasteiger partial charge in [0, 0.05) is 23.7 Å². The summed E-state index contributed by atoms with van der Waals surface area (Å²) in [4.78, 5) is 30.0. The van der Waals surface area contributed by atoms with E-state index in [2.05, 4.69) is 4.99 Å². The predicted molar refractivity (Wildman–Crippen MR) is 123 cm³/mol. The zero-order chi connectivity index (χ0) is 22.1. The summed E-state index contributed by atoms with van der Waals surface area (Å²) in [7, 11) is 1.61. The molecule has 3 aromatic rings. The van der Waals surface area contributed by atoms with Crippen LogP contribution in [-0.4, -0.2) is 34.1 Å². The number of carboxylic acids is 1. The molecule has 0 spiro atoms. The highest BCUT2D eigenvalue weighted by Gasteiger charge is 2.30. The van der Waals surface area contributed by atoms with Crippen LogP contribution in [0.4, 0.5) is 5.69 Å². The van der Waals surface area contributed by atoms with Crippen molar-refractivity contribution in [2.75, 3.05) is 7.05 Å². The Balaban J connectivity index is 1.60. The number of aliphatic imine (C=N–C) groups is 1. The van der Waals surface area contributed by atoms with Crippen LogP contribution < -0.4 is 0 Å². The van der Waals surface area contributed by atoms with Gasteiger partial charge in [0.15, 0.2) is 5.17 Å². The summed E-state index contributed by atoms with van der Waals surface area (Å²) in [5.41, 5.74) is 1.26. The van der Waals surface area contributed by atoms with Crippen LogP contribution in [0.5, 0.6) is 0 Å². The number of amidine groups is 1. The molecular formula is C22H14Cl2N2O4S. The zero-order valence-electron chi connectivity index (χ0n) is 16.0. The maximum absolute atomic E-state index is 12.6. The number of hydrogen-bond acceptors (Lipinski definition) is 5. The molecule has 2 aromatic carbocycles. The quantitative estimate of drug-likeness (QED) is 0.457. The first-order valence-electron chi connectivity index (χ1n) is 8.97. The second-order valence-electron chi connectivity index (χ2n) is 6.55. The van der Waals surface area contributed by atoms with Gasteiger partial charge in [-0.15, -0.1) is 0 Å². The van der Waals surface area contributed by atoms with Crippen LogP contribution >= 0.6 is 35.0 Å². The Morgan fingerprint density at radius 1 is 1.16 bits per heavy atom. The molecule has 0 bridgehead atoms. The number of benzene rings is 2. The SMILES string of the molecule is CN1C(=O)C(=Cc2ccc(-c3ccc(Cl)cc3Cl)o2)SC1=Nc1cccc(C(=O)O)c1. The van der Waals surface area contributed by atoms with Gasteiger partial charge < -0.3 is 9.52 Å². The molecule has 0 atom stereocenters. The summed E-state index contributed by atoms with van der Waals surface area (Å²) < 4.78 is 5.84. The van der Waals surface area contributed by atoms with Crippen molar-refractivity contribution in [3.63, 3.8) is 0 Å². The van der Waals surface area contributed by atoms with Gasteiger partial charge in [0.05, 0.1) is 21.2 Å². The summed E-state index contributed by atoms with van der Waals surface area (Å²) in [6.45, 7) is 0. The molecule has 1 fully saturated rings. The molecule has 1 aromatic heterocycles. The lowest BCUT2D eigenvalue weighted by Crippen LogP contribution is -2.23. The Bertz CT molecular complexity index is 1270. The van der Waals surface area contributed by atoms with Crippen molar-refractivity contribution in [3.05, 3.63) is 80.9 Å². The topological polar surface area (TPSA) is 83.1 Å². The van der Waals surface area contributed by atoms with Crippen LogP contribution in [0.1, 0.15) is 16.1 Å². The van der Waals surface area contributed by atoms with Crippen LogP contribution in [-0.2, 0) is 4.79 Å². The molecular weight excluding hydrogens is 459 g/mol. The minimum Gasteiger partial charge on any atom is -0.478 e. The Kier molecular flexibility index (Phi) is 5.91. The molecule has 1 aliphatic heterocycles. The third-order valence-electron chi connectivity index (χ3n) is 4.42. The summed E-state index contributed by atoms with van der Waals surface area (Å²) in [5, 5.41) is 10.6. The fraction of sp³-hybridized carbons (Fsp3) is 0.0455. The number of halogens is 2. The third kappa shape index (κ3) is 4.54. The first kappa shape index (κ1) is 21.2. The highest BCUT2D eigenvalue weighted by atomic mass is 35.5. The van der Waals surface area contributed by atoms with Crippen molar-refractivity contribution in [1.29, 1.82) is 0 Å². The van der Waals surface area contributed by atoms with Gasteiger partial charge in [-0.2, -0.15) is 0 Å². The van der Waals surface area contributed by atoms with Crippen LogP contribution in [0.2, 0.25) is 10.0 Å². The molecule has 2 heterocycles. The minimum atomic E-state index is -1.04. The average Bonchev–Trinajstić information content (AvgIpc) is 3.29. The Morgan fingerprint density at radius 2 is 1.97 bits per heavy atom. The first-order chi connectivity index (χ1) is 14.8. The second kappa shape index (κ2) is 8.63. The highest BCUT2D eigenvalue weighted by molar-refractivity contribution is 8.18. The highest BCUT2D eigenvalue weighted by Crippen LogP contribution is 2.35. The number of carbonyl (C=O) groups is 2. The molecule has 1 amide bonds. The van der Waals surface area contributed by atoms with Gasteiger partial charge in [-0.25, -0.2) is 9.79 Å². The molecule has 1 saturated heterocycles. The van der Waals surface area contributed by atoms with Crippen molar-refractivity contribution in [1.82, 2.24) is 4.90 Å². The number of amides is 1. The summed E-state index contributed by atoms with van der Waals surface area (Å²) in [5.74, 6) is -0.239. The number of carbonyl (C=O) groups excluding carboxylic acids is 1. The molecule has 0 saturated carbocycles. The normalized spacial score (nSPS) is 16.5. The maximum Gasteiger partial charge on any atom is 0.335 e. The van der Waals surface area contributed by atoms with Crippen molar-refractivity contribution in [2.24, 2.45) is 4.99 Å². The van der Waals surface area contributed by atoms with E-state index in [-0.39, 0.29) is 11.5 Å². The molecule has 0 unspecified atom stereocenters. The molecule has 1 aliphatic rings. The van der Waals surface area contributed by atoms with Crippen LogP contribution in [0, 0.1) is 0 Å². The van der Waals surface area contributed by atoms with Gasteiger partial charge in [-0.05, 0) is 60.3 Å². The van der Waals surface area contributed by atoms with Gasteiger partial charge in [-0.1, -0.05) is 29.3 Å². The number of furan rings is 1. The number of hydrogen-bond donors (Lipinski definition) is 1. The lowest BCUT2D eigenvalue weighted by atomic mass is 10.2. The van der Waals surface area contributed by atoms with Crippen molar-refractivity contribution in [2.45, 2.75) is 0 Å². The van der Waals surface area contributed by atoms with Gasteiger partial charge >= 0.3 is 5.97 Å². The average molecular weight is 473 g/mol. The molecule has 1 N–H and O–H groups in total. The standard InChI is InChI=1S/C22H14Cl2N2O4S/c1-26-20(27)19(31-22(26)25-14-4-2-3-12(9-14)21(28)29)11-15-6-8-18(30-15)16-7-5-13(23)10-17(16)24/h2-11H,1H3,(H,28,29). The number of likely N-dealkylation sites (N-methyl/N-ethyl adjacent to an activating group) is 1. The van der Waals surface area contributed by atoms with E-state index in [9.17, 15) is 9.59 Å². The van der Waals surface area contributed by atoms with Crippen molar-refractivity contribution < 1.29 is 19.1 Å². The van der Waals surface area contributed by atoms with Crippen molar-refractivity contribution >= 4 is 63.8 Å². The monoisotopic (exact) mass is 472 g/mol. The van der Waals surface area contributed by atoms with E-state index in [1.54, 1.807) is 55.6 Å². The molecule has 31 heavy (non-hydrogen) atoms. The maximum atomic E-state index is 12.6. The van der Waals surface area contributed by atoms with E-state index in [1.807, 2.05) is 0 Å². The fourth-order valence-corrected chi connectivity index (χ4v) is 4.33. The molecule has 0 aliphatic carbocycles. The number of nitrogens with zero attached hydrogens (tertiary/aromatic N) is 2. The Labute approximate surface area is 191 Å².